The predicted molar refractivity (Wildman–Crippen MR) is 64.0 cm³/mol. The average molecular weight is 223 g/mol. The lowest BCUT2D eigenvalue weighted by Gasteiger charge is -2.33. The van der Waals surface area contributed by atoms with Crippen molar-refractivity contribution in [1.82, 2.24) is 9.80 Å². The molecular formula is C12H21N3O. The van der Waals surface area contributed by atoms with Gasteiger partial charge in [-0.15, -0.1) is 0 Å². The number of nitrogens with zero attached hydrogens (tertiary/aromatic N) is 2. The third-order valence-electron chi connectivity index (χ3n) is 3.24. The van der Waals surface area contributed by atoms with Crippen molar-refractivity contribution in [2.45, 2.75) is 20.0 Å². The van der Waals surface area contributed by atoms with E-state index < -0.39 is 0 Å². The van der Waals surface area contributed by atoms with Crippen LogP contribution in [0, 0.1) is 0 Å². The molecule has 0 atom stereocenters. The van der Waals surface area contributed by atoms with Crippen LogP contribution < -0.4 is 5.73 Å². The first-order valence-electron chi connectivity index (χ1n) is 6.03. The van der Waals surface area contributed by atoms with E-state index in [0.29, 0.717) is 6.54 Å². The van der Waals surface area contributed by atoms with Gasteiger partial charge in [0.2, 0.25) is 0 Å². The van der Waals surface area contributed by atoms with E-state index in [1.54, 1.807) is 6.26 Å². The molecule has 2 N–H and O–H groups in total. The molecule has 2 heterocycles. The third-order valence-corrected chi connectivity index (χ3v) is 3.24. The van der Waals surface area contributed by atoms with E-state index in [0.717, 1.165) is 37.5 Å². The van der Waals surface area contributed by atoms with Gasteiger partial charge in [0.1, 0.15) is 5.76 Å². The van der Waals surface area contributed by atoms with Gasteiger partial charge in [-0.1, -0.05) is 6.92 Å². The maximum Gasteiger partial charge on any atom is 0.118 e. The van der Waals surface area contributed by atoms with Crippen LogP contribution in [0.15, 0.2) is 16.7 Å². The fourth-order valence-corrected chi connectivity index (χ4v) is 2.10. The van der Waals surface area contributed by atoms with Crippen LogP contribution in [-0.2, 0) is 13.1 Å². The molecule has 4 heteroatoms. The van der Waals surface area contributed by atoms with Crippen molar-refractivity contribution < 1.29 is 4.42 Å². The smallest absolute Gasteiger partial charge is 0.118 e. The number of furan rings is 1. The minimum Gasteiger partial charge on any atom is -0.468 e. The van der Waals surface area contributed by atoms with Gasteiger partial charge in [0.05, 0.1) is 12.8 Å². The minimum absolute atomic E-state index is 0.563. The molecular weight excluding hydrogens is 202 g/mol. The van der Waals surface area contributed by atoms with Crippen LogP contribution in [0.25, 0.3) is 0 Å². The fourth-order valence-electron chi connectivity index (χ4n) is 2.10. The molecule has 0 spiro atoms. The molecule has 1 aromatic rings. The van der Waals surface area contributed by atoms with Crippen molar-refractivity contribution in [3.05, 3.63) is 23.7 Å². The highest BCUT2D eigenvalue weighted by Crippen LogP contribution is 2.11. The molecule has 2 rings (SSSR count). The Morgan fingerprint density at radius 1 is 1.25 bits per heavy atom. The molecule has 90 valence electrons. The Kier molecular flexibility index (Phi) is 3.98. The van der Waals surface area contributed by atoms with Gasteiger partial charge in [0.15, 0.2) is 0 Å². The van der Waals surface area contributed by atoms with Crippen LogP contribution in [0.1, 0.15) is 18.2 Å². The Hall–Kier alpha value is -0.840. The predicted octanol–water partition coefficient (Wildman–Crippen LogP) is 0.876. The first kappa shape index (κ1) is 11.6. The summed E-state index contributed by atoms with van der Waals surface area (Å²) >= 11 is 0. The monoisotopic (exact) mass is 223 g/mol. The molecule has 1 aliphatic heterocycles. The van der Waals surface area contributed by atoms with Gasteiger partial charge in [-0.05, 0) is 12.6 Å². The molecule has 1 saturated heterocycles. The van der Waals surface area contributed by atoms with Crippen molar-refractivity contribution in [3.63, 3.8) is 0 Å². The van der Waals surface area contributed by atoms with Gasteiger partial charge >= 0.3 is 0 Å². The number of piperazine rings is 1. The van der Waals surface area contributed by atoms with E-state index >= 15 is 0 Å². The van der Waals surface area contributed by atoms with E-state index in [2.05, 4.69) is 22.8 Å². The Morgan fingerprint density at radius 2 is 1.94 bits per heavy atom. The molecule has 1 fully saturated rings. The van der Waals surface area contributed by atoms with Crippen molar-refractivity contribution in [2.75, 3.05) is 32.7 Å². The molecule has 0 radical (unpaired) electrons. The zero-order chi connectivity index (χ0) is 11.4. The Balaban J connectivity index is 1.82. The summed E-state index contributed by atoms with van der Waals surface area (Å²) in [7, 11) is 0. The molecule has 16 heavy (non-hydrogen) atoms. The normalized spacial score (nSPS) is 19.1. The molecule has 0 aromatic carbocycles. The molecule has 0 aliphatic carbocycles. The highest BCUT2D eigenvalue weighted by molar-refractivity contribution is 5.12. The van der Waals surface area contributed by atoms with Crippen molar-refractivity contribution in [2.24, 2.45) is 5.73 Å². The number of nitrogens with two attached hydrogens (primary N) is 1. The van der Waals surface area contributed by atoms with Gasteiger partial charge in [-0.2, -0.15) is 0 Å². The highest BCUT2D eigenvalue weighted by Gasteiger charge is 2.16. The second-order valence-corrected chi connectivity index (χ2v) is 4.34. The van der Waals surface area contributed by atoms with Gasteiger partial charge in [0, 0.05) is 38.3 Å². The molecule has 4 nitrogen and oxygen atoms in total. The maximum absolute atomic E-state index is 5.55. The summed E-state index contributed by atoms with van der Waals surface area (Å²) in [4.78, 5) is 4.91. The third kappa shape index (κ3) is 2.84. The topological polar surface area (TPSA) is 45.6 Å². The van der Waals surface area contributed by atoms with Crippen molar-refractivity contribution in [1.29, 1.82) is 0 Å². The number of rotatable bonds is 4. The Labute approximate surface area is 97.0 Å². The zero-order valence-electron chi connectivity index (χ0n) is 9.98. The lowest BCUT2D eigenvalue weighted by molar-refractivity contribution is 0.125. The number of hydrogen-bond acceptors (Lipinski definition) is 4. The summed E-state index contributed by atoms with van der Waals surface area (Å²) in [6.45, 7) is 9.45. The zero-order valence-corrected chi connectivity index (χ0v) is 9.98. The van der Waals surface area contributed by atoms with Gasteiger partial charge in [-0.25, -0.2) is 0 Å². The average Bonchev–Trinajstić information content (AvgIpc) is 2.78. The number of hydrogen-bond donors (Lipinski definition) is 1. The summed E-state index contributed by atoms with van der Waals surface area (Å²) in [6, 6.07) is 2.06. The molecule has 0 amide bonds. The van der Waals surface area contributed by atoms with Crippen molar-refractivity contribution >= 4 is 0 Å². The van der Waals surface area contributed by atoms with Crippen LogP contribution in [0.2, 0.25) is 0 Å². The summed E-state index contributed by atoms with van der Waals surface area (Å²) in [5.41, 5.74) is 6.64. The summed E-state index contributed by atoms with van der Waals surface area (Å²) in [6.07, 6.45) is 1.76. The first-order chi connectivity index (χ1) is 7.81. The van der Waals surface area contributed by atoms with Gasteiger partial charge in [0.25, 0.3) is 0 Å². The van der Waals surface area contributed by atoms with Crippen LogP contribution >= 0.6 is 0 Å². The SMILES string of the molecule is CCN1CCN(Cc2cc(CN)co2)CC1. The van der Waals surface area contributed by atoms with E-state index in [1.165, 1.54) is 13.1 Å². The van der Waals surface area contributed by atoms with E-state index in [4.69, 9.17) is 10.2 Å². The van der Waals surface area contributed by atoms with Crippen LogP contribution in [-0.4, -0.2) is 42.5 Å². The Bertz CT molecular complexity index is 316. The quantitative estimate of drug-likeness (QED) is 0.823. The van der Waals surface area contributed by atoms with Crippen LogP contribution in [0.5, 0.6) is 0 Å². The fraction of sp³-hybridized carbons (Fsp3) is 0.667. The largest absolute Gasteiger partial charge is 0.468 e. The minimum atomic E-state index is 0.563. The van der Waals surface area contributed by atoms with Crippen LogP contribution in [0.3, 0.4) is 0 Å². The second-order valence-electron chi connectivity index (χ2n) is 4.34. The van der Waals surface area contributed by atoms with Crippen LogP contribution in [0.4, 0.5) is 0 Å². The number of likely N-dealkylation sites (N-methyl/N-ethyl adjacent to an activating group) is 1. The molecule has 1 aromatic heterocycles. The van der Waals surface area contributed by atoms with Gasteiger partial charge < -0.3 is 15.1 Å². The summed E-state index contributed by atoms with van der Waals surface area (Å²) in [5, 5.41) is 0. The summed E-state index contributed by atoms with van der Waals surface area (Å²) < 4.78 is 5.48. The van der Waals surface area contributed by atoms with E-state index in [9.17, 15) is 0 Å². The standard InChI is InChI=1S/C12H21N3O/c1-2-14-3-5-15(6-4-14)9-12-7-11(8-13)10-16-12/h7,10H,2-6,8-9,13H2,1H3. The van der Waals surface area contributed by atoms with Gasteiger partial charge in [-0.3, -0.25) is 4.90 Å². The molecule has 1 aliphatic rings. The Morgan fingerprint density at radius 3 is 2.50 bits per heavy atom. The van der Waals surface area contributed by atoms with Crippen molar-refractivity contribution in [3.8, 4) is 0 Å². The van der Waals surface area contributed by atoms with E-state index in [-0.39, 0.29) is 0 Å². The first-order valence-corrected chi connectivity index (χ1v) is 6.03. The lowest BCUT2D eigenvalue weighted by atomic mass is 10.2. The van der Waals surface area contributed by atoms with E-state index in [1.807, 2.05) is 0 Å². The lowest BCUT2D eigenvalue weighted by Crippen LogP contribution is -2.45. The highest BCUT2D eigenvalue weighted by atomic mass is 16.3. The molecule has 0 bridgehead atoms. The molecule has 0 unspecified atom stereocenters. The second kappa shape index (κ2) is 5.48. The maximum atomic E-state index is 5.55. The summed E-state index contributed by atoms with van der Waals surface area (Å²) in [5.74, 6) is 1.03. The molecule has 0 saturated carbocycles.